The lowest BCUT2D eigenvalue weighted by molar-refractivity contribution is 1.18. The monoisotopic (exact) mass is 946 g/mol. The van der Waals surface area contributed by atoms with Gasteiger partial charge in [0.2, 0.25) is 0 Å². The molecular formula is C70H50N2Si. The summed E-state index contributed by atoms with van der Waals surface area (Å²) in [6.45, 7) is 0. The molecule has 1 aromatic heterocycles. The highest BCUT2D eigenvalue weighted by Gasteiger charge is 2.41. The molecule has 13 rings (SSSR count). The molecule has 344 valence electrons. The highest BCUT2D eigenvalue weighted by Crippen LogP contribution is 2.44. The minimum Gasteiger partial charge on any atom is -0.310 e. The molecule has 0 saturated carbocycles. The second-order valence-electron chi connectivity index (χ2n) is 18.8. The normalized spacial score (nSPS) is 11.6. The predicted molar refractivity (Wildman–Crippen MR) is 313 cm³/mol. The van der Waals surface area contributed by atoms with Crippen molar-refractivity contribution in [2.24, 2.45) is 0 Å². The van der Waals surface area contributed by atoms with Crippen molar-refractivity contribution in [3.05, 3.63) is 303 Å². The first-order valence-corrected chi connectivity index (χ1v) is 27.2. The summed E-state index contributed by atoms with van der Waals surface area (Å²) >= 11 is 0. The van der Waals surface area contributed by atoms with Crippen LogP contribution in [0.3, 0.4) is 0 Å². The van der Waals surface area contributed by atoms with Gasteiger partial charge < -0.3 is 9.47 Å². The maximum Gasteiger partial charge on any atom is 0.179 e. The SMILES string of the molecule is c1ccc(-n2c3ccccc3c3c(N(c4ccc(-c5cccc(-c6cccc7ccccc67)c5)cc4)c4ccc(-c5cccc([Si](c6ccccc6)(c6ccccc6)c6ccccc6)c5)cc4)cccc32)cc1. The zero-order chi connectivity index (χ0) is 48.6. The largest absolute Gasteiger partial charge is 0.310 e. The van der Waals surface area contributed by atoms with Crippen molar-refractivity contribution < 1.29 is 0 Å². The number of rotatable bonds is 11. The van der Waals surface area contributed by atoms with Gasteiger partial charge >= 0.3 is 0 Å². The summed E-state index contributed by atoms with van der Waals surface area (Å²) in [5.41, 5.74) is 13.9. The number of anilines is 3. The molecule has 0 bridgehead atoms. The molecule has 0 amide bonds. The lowest BCUT2D eigenvalue weighted by Gasteiger charge is -2.34. The van der Waals surface area contributed by atoms with Crippen molar-refractivity contribution >= 4 is 78.5 Å². The van der Waals surface area contributed by atoms with E-state index >= 15 is 0 Å². The number of hydrogen-bond acceptors (Lipinski definition) is 1. The third-order valence-electron chi connectivity index (χ3n) is 14.7. The van der Waals surface area contributed by atoms with Gasteiger partial charge in [0, 0.05) is 27.8 Å². The van der Waals surface area contributed by atoms with Gasteiger partial charge in [-0.25, -0.2) is 0 Å². The van der Waals surface area contributed by atoms with Crippen LogP contribution in [0.5, 0.6) is 0 Å². The Morgan fingerprint density at radius 2 is 0.740 bits per heavy atom. The van der Waals surface area contributed by atoms with E-state index in [-0.39, 0.29) is 0 Å². The topological polar surface area (TPSA) is 8.17 Å². The molecule has 1 heterocycles. The molecular weight excluding hydrogens is 897 g/mol. The van der Waals surface area contributed by atoms with Crippen molar-refractivity contribution in [3.8, 4) is 39.1 Å². The summed E-state index contributed by atoms with van der Waals surface area (Å²) in [6.07, 6.45) is 0. The quantitative estimate of drug-likeness (QED) is 0.0926. The van der Waals surface area contributed by atoms with E-state index in [1.807, 2.05) is 0 Å². The van der Waals surface area contributed by atoms with Crippen molar-refractivity contribution in [1.82, 2.24) is 4.57 Å². The van der Waals surface area contributed by atoms with Crippen molar-refractivity contribution in [3.63, 3.8) is 0 Å². The Labute approximate surface area is 428 Å². The Kier molecular flexibility index (Phi) is 11.3. The fourth-order valence-electron chi connectivity index (χ4n) is 11.4. The summed E-state index contributed by atoms with van der Waals surface area (Å²) in [5, 5.41) is 10.4. The molecule has 0 aliphatic carbocycles. The zero-order valence-electron chi connectivity index (χ0n) is 40.3. The average molecular weight is 947 g/mol. The highest BCUT2D eigenvalue weighted by molar-refractivity contribution is 7.19. The van der Waals surface area contributed by atoms with E-state index in [1.165, 1.54) is 81.2 Å². The molecule has 73 heavy (non-hydrogen) atoms. The fourth-order valence-corrected chi connectivity index (χ4v) is 16.2. The second kappa shape index (κ2) is 18.8. The summed E-state index contributed by atoms with van der Waals surface area (Å²) in [6, 6.07) is 112. The lowest BCUT2D eigenvalue weighted by atomic mass is 9.95. The average Bonchev–Trinajstić information content (AvgIpc) is 3.82. The van der Waals surface area contributed by atoms with Gasteiger partial charge in [0.05, 0.1) is 16.7 Å². The third-order valence-corrected chi connectivity index (χ3v) is 19.5. The van der Waals surface area contributed by atoms with Crippen LogP contribution in [0.1, 0.15) is 0 Å². The number of para-hydroxylation sites is 2. The molecule has 0 unspecified atom stereocenters. The van der Waals surface area contributed by atoms with Crippen molar-refractivity contribution in [1.29, 1.82) is 0 Å². The summed E-state index contributed by atoms with van der Waals surface area (Å²) in [5.74, 6) is 0. The standard InChI is InChI=1S/C70H50N2Si/c1-5-26-57(27-6-1)72-67-38-16-15-36-66(67)70-68(39-20-40-69(70)72)71(58-45-41-51(42-46-58)54-23-17-25-56(49-54)65-37-19-22-53-21-13-14-35-64(53)65)59-47-43-52(44-48-59)55-24-18-34-63(50-55)73(60-28-7-2-8-29-60,61-30-9-3-10-31-61)62-32-11-4-12-33-62/h1-50H. The van der Waals surface area contributed by atoms with Crippen LogP contribution in [-0.2, 0) is 0 Å². The van der Waals surface area contributed by atoms with Gasteiger partial charge in [0.1, 0.15) is 0 Å². The van der Waals surface area contributed by atoms with E-state index in [9.17, 15) is 0 Å². The first-order chi connectivity index (χ1) is 36.2. The second-order valence-corrected chi connectivity index (χ2v) is 22.6. The molecule has 0 aliphatic heterocycles. The van der Waals surface area contributed by atoms with Crippen LogP contribution >= 0.6 is 0 Å². The van der Waals surface area contributed by atoms with Gasteiger partial charge in [0.15, 0.2) is 8.07 Å². The van der Waals surface area contributed by atoms with Crippen LogP contribution in [-0.4, -0.2) is 12.6 Å². The first kappa shape index (κ1) is 43.7. The van der Waals surface area contributed by atoms with Gasteiger partial charge in [-0.15, -0.1) is 0 Å². The van der Waals surface area contributed by atoms with E-state index in [1.54, 1.807) is 0 Å². The van der Waals surface area contributed by atoms with Crippen molar-refractivity contribution in [2.75, 3.05) is 4.90 Å². The Morgan fingerprint density at radius 3 is 1.37 bits per heavy atom. The number of benzene rings is 12. The van der Waals surface area contributed by atoms with Crippen LogP contribution in [0.25, 0.3) is 71.6 Å². The maximum absolute atomic E-state index is 2.72. The number of aromatic nitrogens is 1. The lowest BCUT2D eigenvalue weighted by Crippen LogP contribution is -2.74. The molecule has 12 aromatic carbocycles. The zero-order valence-corrected chi connectivity index (χ0v) is 41.3. The van der Waals surface area contributed by atoms with E-state index in [2.05, 4.69) is 313 Å². The fraction of sp³-hybridized carbons (Fsp3) is 0. The van der Waals surface area contributed by atoms with Gasteiger partial charge in [-0.1, -0.05) is 243 Å². The molecule has 0 N–H and O–H groups in total. The molecule has 3 heteroatoms. The molecule has 0 spiro atoms. The van der Waals surface area contributed by atoms with Gasteiger partial charge in [-0.3, -0.25) is 0 Å². The minimum absolute atomic E-state index is 1.08. The van der Waals surface area contributed by atoms with Crippen molar-refractivity contribution in [2.45, 2.75) is 0 Å². The molecule has 0 fully saturated rings. The molecule has 13 aromatic rings. The minimum atomic E-state index is -2.72. The van der Waals surface area contributed by atoms with Gasteiger partial charge in [0.25, 0.3) is 0 Å². The van der Waals surface area contributed by atoms with Crippen LogP contribution in [0.2, 0.25) is 0 Å². The Bertz CT molecular complexity index is 3950. The third kappa shape index (κ3) is 7.75. The molecule has 0 aliphatic rings. The van der Waals surface area contributed by atoms with Gasteiger partial charge in [-0.2, -0.15) is 0 Å². The number of nitrogens with zero attached hydrogens (tertiary/aromatic N) is 2. The number of fused-ring (bicyclic) bond motifs is 4. The Morgan fingerprint density at radius 1 is 0.288 bits per heavy atom. The summed E-state index contributed by atoms with van der Waals surface area (Å²) in [4.78, 5) is 2.44. The Hall–Kier alpha value is -9.28. The molecule has 0 radical (unpaired) electrons. The van der Waals surface area contributed by atoms with Crippen LogP contribution in [0.4, 0.5) is 17.1 Å². The van der Waals surface area contributed by atoms with Gasteiger partial charge in [-0.05, 0) is 126 Å². The van der Waals surface area contributed by atoms with E-state index in [4.69, 9.17) is 0 Å². The molecule has 0 saturated heterocycles. The highest BCUT2D eigenvalue weighted by atomic mass is 28.3. The maximum atomic E-state index is 2.46. The van der Waals surface area contributed by atoms with E-state index in [0.717, 1.165) is 28.3 Å². The van der Waals surface area contributed by atoms with E-state index in [0.29, 0.717) is 0 Å². The van der Waals surface area contributed by atoms with Crippen LogP contribution < -0.4 is 25.6 Å². The number of hydrogen-bond donors (Lipinski definition) is 0. The smallest absolute Gasteiger partial charge is 0.179 e. The summed E-state index contributed by atoms with van der Waals surface area (Å²) in [7, 11) is -2.72. The molecule has 0 atom stereocenters. The summed E-state index contributed by atoms with van der Waals surface area (Å²) < 4.78 is 2.40. The van der Waals surface area contributed by atoms with Crippen LogP contribution in [0, 0.1) is 0 Å². The molecule has 2 nitrogen and oxygen atoms in total. The van der Waals surface area contributed by atoms with Crippen LogP contribution in [0.15, 0.2) is 303 Å². The predicted octanol–water partition coefficient (Wildman–Crippen LogP) is 15.8. The Balaban J connectivity index is 0.947. The first-order valence-electron chi connectivity index (χ1n) is 25.2. The van der Waals surface area contributed by atoms with E-state index < -0.39 is 8.07 Å².